The van der Waals surface area contributed by atoms with Crippen LogP contribution in [-0.2, 0) is 11.3 Å². The molecule has 0 bridgehead atoms. The van der Waals surface area contributed by atoms with E-state index in [1.165, 1.54) is 0 Å². The molecule has 0 aliphatic carbocycles. The first-order valence-corrected chi connectivity index (χ1v) is 11.2. The minimum Gasteiger partial charge on any atom is -0.445 e. The zero-order valence-electron chi connectivity index (χ0n) is 16.8. The first-order valence-electron chi connectivity index (χ1n) is 10.0. The quantitative estimate of drug-likeness (QED) is 0.567. The highest BCUT2D eigenvalue weighted by molar-refractivity contribution is 7.16. The number of nitrogens with one attached hydrogen (secondary N) is 1. The van der Waals surface area contributed by atoms with E-state index in [2.05, 4.69) is 9.88 Å². The smallest absolute Gasteiger partial charge is 0.410 e. The predicted molar refractivity (Wildman–Crippen MR) is 121 cm³/mol. The highest BCUT2D eigenvalue weighted by atomic mass is 35.5. The Kier molecular flexibility index (Phi) is 6.70. The van der Waals surface area contributed by atoms with Crippen LogP contribution >= 0.6 is 22.9 Å². The minimum absolute atomic E-state index is 0.0487. The fraction of sp³-hybridized carbons (Fsp3) is 0.318. The van der Waals surface area contributed by atoms with E-state index in [1.54, 1.807) is 35.2 Å². The number of piperazine rings is 1. The average Bonchev–Trinajstić information content (AvgIpc) is 3.16. The number of nitrogens with zero attached hydrogens (tertiary/aromatic N) is 2. The van der Waals surface area contributed by atoms with Gasteiger partial charge in [-0.15, -0.1) is 0 Å². The number of carbonyl (C=O) groups excluding carboxylic acids is 2. The van der Waals surface area contributed by atoms with Crippen molar-refractivity contribution < 1.29 is 14.3 Å². The average molecular weight is 460 g/mol. The van der Waals surface area contributed by atoms with Gasteiger partial charge in [-0.1, -0.05) is 35.1 Å². The summed E-state index contributed by atoms with van der Waals surface area (Å²) in [6.45, 7) is 3.37. The molecule has 9 heteroatoms. The van der Waals surface area contributed by atoms with Gasteiger partial charge in [-0.3, -0.25) is 14.5 Å². The fourth-order valence-corrected chi connectivity index (χ4v) is 4.40. The van der Waals surface area contributed by atoms with E-state index >= 15 is 0 Å². The van der Waals surface area contributed by atoms with Crippen LogP contribution in [0.1, 0.15) is 22.3 Å². The van der Waals surface area contributed by atoms with E-state index in [9.17, 15) is 14.4 Å². The van der Waals surface area contributed by atoms with Gasteiger partial charge in [-0.05, 0) is 35.9 Å². The molecule has 0 spiro atoms. The zero-order valence-corrected chi connectivity index (χ0v) is 18.4. The van der Waals surface area contributed by atoms with Gasteiger partial charge in [0.2, 0.25) is 0 Å². The Balaban J connectivity index is 1.21. The molecule has 162 valence electrons. The third-order valence-electron chi connectivity index (χ3n) is 5.30. The SMILES string of the molecule is O=C(CCN1CCN(C(=O)OCc2ccc(Cl)cc2)CC1)c1ccc2[nH]c(=O)sc2c1. The first kappa shape index (κ1) is 21.5. The molecule has 1 N–H and O–H groups in total. The topological polar surface area (TPSA) is 82.7 Å². The molecule has 0 unspecified atom stereocenters. The lowest BCUT2D eigenvalue weighted by Gasteiger charge is -2.33. The van der Waals surface area contributed by atoms with Gasteiger partial charge < -0.3 is 14.6 Å². The van der Waals surface area contributed by atoms with E-state index in [4.69, 9.17) is 16.3 Å². The van der Waals surface area contributed by atoms with E-state index in [0.717, 1.165) is 27.1 Å². The number of hydrogen-bond donors (Lipinski definition) is 1. The number of thiazole rings is 1. The van der Waals surface area contributed by atoms with Gasteiger partial charge in [0.15, 0.2) is 5.78 Å². The van der Waals surface area contributed by atoms with Crippen molar-refractivity contribution in [2.24, 2.45) is 0 Å². The third-order valence-corrected chi connectivity index (χ3v) is 6.40. The summed E-state index contributed by atoms with van der Waals surface area (Å²) in [5, 5.41) is 0.645. The molecule has 1 fully saturated rings. The van der Waals surface area contributed by atoms with Crippen molar-refractivity contribution in [2.75, 3.05) is 32.7 Å². The summed E-state index contributed by atoms with van der Waals surface area (Å²) < 4.78 is 6.18. The van der Waals surface area contributed by atoms with Crippen LogP contribution in [0.25, 0.3) is 10.2 Å². The molecule has 1 aliphatic rings. The Morgan fingerprint density at radius 2 is 1.81 bits per heavy atom. The molecule has 0 atom stereocenters. The summed E-state index contributed by atoms with van der Waals surface area (Å²) >= 11 is 6.97. The number of halogens is 1. The lowest BCUT2D eigenvalue weighted by Crippen LogP contribution is -2.49. The van der Waals surface area contributed by atoms with Gasteiger partial charge >= 0.3 is 11.0 Å². The van der Waals surface area contributed by atoms with Crippen molar-refractivity contribution in [2.45, 2.75) is 13.0 Å². The highest BCUT2D eigenvalue weighted by Crippen LogP contribution is 2.18. The maximum absolute atomic E-state index is 12.5. The largest absolute Gasteiger partial charge is 0.445 e. The van der Waals surface area contributed by atoms with Crippen molar-refractivity contribution in [1.29, 1.82) is 0 Å². The minimum atomic E-state index is -0.329. The molecule has 4 rings (SSSR count). The number of fused-ring (bicyclic) bond motifs is 1. The molecule has 3 aromatic rings. The summed E-state index contributed by atoms with van der Waals surface area (Å²) in [6.07, 6.45) is 0.0655. The Hall–Kier alpha value is -2.68. The van der Waals surface area contributed by atoms with Gasteiger partial charge in [-0.2, -0.15) is 0 Å². The van der Waals surface area contributed by atoms with Gasteiger partial charge in [0.05, 0.1) is 10.2 Å². The maximum Gasteiger partial charge on any atom is 0.410 e. The predicted octanol–water partition coefficient (Wildman–Crippen LogP) is 3.77. The van der Waals surface area contributed by atoms with E-state index in [-0.39, 0.29) is 23.4 Å². The molecule has 0 saturated carbocycles. The van der Waals surface area contributed by atoms with Gasteiger partial charge in [0, 0.05) is 49.7 Å². The van der Waals surface area contributed by atoms with Crippen LogP contribution in [-0.4, -0.2) is 59.4 Å². The zero-order chi connectivity index (χ0) is 21.8. The second kappa shape index (κ2) is 9.64. The second-order valence-electron chi connectivity index (χ2n) is 7.41. The Labute approximate surface area is 188 Å². The molecule has 31 heavy (non-hydrogen) atoms. The number of rotatable bonds is 6. The summed E-state index contributed by atoms with van der Waals surface area (Å²) in [4.78, 5) is 42.7. The standard InChI is InChI=1S/C22H22ClN3O4S/c23-17-4-1-15(2-5-17)14-30-22(29)26-11-9-25(10-12-26)8-7-19(27)16-3-6-18-20(13-16)31-21(28)24-18/h1-6,13H,7-12,14H2,(H,24,28). The van der Waals surface area contributed by atoms with Crippen LogP contribution in [0.5, 0.6) is 0 Å². The molecule has 1 aromatic heterocycles. The van der Waals surface area contributed by atoms with Crippen LogP contribution in [0.3, 0.4) is 0 Å². The normalized spacial score (nSPS) is 14.7. The molecular formula is C22H22ClN3O4S. The summed E-state index contributed by atoms with van der Waals surface area (Å²) in [7, 11) is 0. The Morgan fingerprint density at radius 1 is 1.06 bits per heavy atom. The van der Waals surface area contributed by atoms with Crippen molar-refractivity contribution >= 4 is 45.0 Å². The Morgan fingerprint density at radius 3 is 2.55 bits per heavy atom. The van der Waals surface area contributed by atoms with Gasteiger partial charge in [0.25, 0.3) is 0 Å². The summed E-state index contributed by atoms with van der Waals surface area (Å²) in [5.74, 6) is 0.0487. The molecule has 1 aliphatic heterocycles. The van der Waals surface area contributed by atoms with Gasteiger partial charge in [-0.25, -0.2) is 4.79 Å². The fourth-order valence-electron chi connectivity index (χ4n) is 3.49. The van der Waals surface area contributed by atoms with Crippen molar-refractivity contribution in [3.8, 4) is 0 Å². The number of ketones is 1. The number of hydrogen-bond acceptors (Lipinski definition) is 6. The number of amides is 1. The van der Waals surface area contributed by atoms with Crippen molar-refractivity contribution in [3.63, 3.8) is 0 Å². The van der Waals surface area contributed by atoms with Crippen molar-refractivity contribution in [1.82, 2.24) is 14.8 Å². The molecule has 2 aromatic carbocycles. The lowest BCUT2D eigenvalue weighted by molar-refractivity contribution is 0.0697. The lowest BCUT2D eigenvalue weighted by atomic mass is 10.1. The number of H-pyrrole nitrogens is 1. The third kappa shape index (κ3) is 5.52. The van der Waals surface area contributed by atoms with E-state index in [1.807, 2.05) is 12.1 Å². The molecule has 1 saturated heterocycles. The highest BCUT2D eigenvalue weighted by Gasteiger charge is 2.22. The van der Waals surface area contributed by atoms with E-state index in [0.29, 0.717) is 49.7 Å². The molecule has 1 amide bonds. The van der Waals surface area contributed by atoms with E-state index < -0.39 is 0 Å². The van der Waals surface area contributed by atoms with Gasteiger partial charge in [0.1, 0.15) is 6.61 Å². The maximum atomic E-state index is 12.5. The second-order valence-corrected chi connectivity index (χ2v) is 8.86. The van der Waals surface area contributed by atoms with Crippen LogP contribution in [0.2, 0.25) is 5.02 Å². The number of benzene rings is 2. The molecular weight excluding hydrogens is 438 g/mol. The number of Topliss-reactive ketones (excluding diaryl/α,β-unsaturated/α-hetero) is 1. The first-order chi connectivity index (χ1) is 15.0. The summed E-state index contributed by atoms with van der Waals surface area (Å²) in [6, 6.07) is 12.5. The van der Waals surface area contributed by atoms with Crippen LogP contribution in [0.4, 0.5) is 4.79 Å². The van der Waals surface area contributed by atoms with Crippen molar-refractivity contribution in [3.05, 3.63) is 68.3 Å². The molecule has 7 nitrogen and oxygen atoms in total. The summed E-state index contributed by atoms with van der Waals surface area (Å²) in [5.41, 5.74) is 2.26. The monoisotopic (exact) mass is 459 g/mol. The van der Waals surface area contributed by atoms with Crippen LogP contribution in [0.15, 0.2) is 47.3 Å². The molecule has 0 radical (unpaired) electrons. The van der Waals surface area contributed by atoms with Crippen LogP contribution in [0, 0.1) is 0 Å². The molecule has 2 heterocycles. The number of aromatic nitrogens is 1. The van der Waals surface area contributed by atoms with Crippen LogP contribution < -0.4 is 4.87 Å². The number of carbonyl (C=O) groups is 2. The number of ether oxygens (including phenoxy) is 1. The Bertz CT molecular complexity index is 1130. The number of aromatic amines is 1.